The Kier molecular flexibility index (Phi) is 6.78. The number of carbonyl (C=O) groups excluding carboxylic acids is 2. The number of hydrogen-bond acceptors (Lipinski definition) is 4. The summed E-state index contributed by atoms with van der Waals surface area (Å²) in [6.07, 6.45) is 0. The van der Waals surface area contributed by atoms with E-state index in [1.807, 2.05) is 0 Å². The van der Waals surface area contributed by atoms with E-state index in [9.17, 15) is 19.8 Å². The van der Waals surface area contributed by atoms with Gasteiger partial charge in [0, 0.05) is 0 Å². The monoisotopic (exact) mass is 246 g/mol. The Morgan fingerprint density at radius 1 is 0.857 bits per heavy atom. The van der Waals surface area contributed by atoms with Crippen molar-refractivity contribution in [3.05, 3.63) is 35.4 Å². The standard InChI is InChI=1S/C8H6O4.H2O.Zn/c9-7(10)5-1-2-6(4-3-5)8(11)12;;/h1-4H,(H,9,10)(H,11,12);1H2;/q;;+2/p-2. The number of benzene rings is 1. The summed E-state index contributed by atoms with van der Waals surface area (Å²) < 4.78 is 0. The summed E-state index contributed by atoms with van der Waals surface area (Å²) in [4.78, 5) is 20.4. The van der Waals surface area contributed by atoms with E-state index in [2.05, 4.69) is 0 Å². The van der Waals surface area contributed by atoms with E-state index in [4.69, 9.17) is 0 Å². The molecule has 0 aliphatic heterocycles. The summed E-state index contributed by atoms with van der Waals surface area (Å²) >= 11 is 0. The van der Waals surface area contributed by atoms with Crippen molar-refractivity contribution in [2.75, 3.05) is 0 Å². The maximum Gasteiger partial charge on any atom is 2.00 e. The van der Waals surface area contributed by atoms with E-state index in [1.165, 1.54) is 0 Å². The van der Waals surface area contributed by atoms with Crippen molar-refractivity contribution in [2.45, 2.75) is 0 Å². The molecular formula is C8H6O5Zn. The minimum absolute atomic E-state index is 0. The molecule has 0 saturated heterocycles. The van der Waals surface area contributed by atoms with E-state index >= 15 is 0 Å². The van der Waals surface area contributed by atoms with E-state index in [1.54, 1.807) is 0 Å². The molecule has 0 bridgehead atoms. The molecule has 0 amide bonds. The first-order valence-corrected chi connectivity index (χ1v) is 3.14. The Hall–Kier alpha value is -1.26. The molecule has 1 aromatic rings. The van der Waals surface area contributed by atoms with Gasteiger partial charge in [-0.2, -0.15) is 0 Å². The fraction of sp³-hybridized carbons (Fsp3) is 0. The zero-order valence-electron chi connectivity index (χ0n) is 7.15. The smallest absolute Gasteiger partial charge is 0.545 e. The first-order valence-electron chi connectivity index (χ1n) is 3.14. The molecule has 0 aliphatic rings. The van der Waals surface area contributed by atoms with Crippen LogP contribution in [0.25, 0.3) is 0 Å². The summed E-state index contributed by atoms with van der Waals surface area (Å²) in [6.45, 7) is 0. The van der Waals surface area contributed by atoms with Crippen LogP contribution in [-0.4, -0.2) is 17.4 Å². The van der Waals surface area contributed by atoms with Gasteiger partial charge < -0.3 is 25.3 Å². The van der Waals surface area contributed by atoms with Crippen LogP contribution >= 0.6 is 0 Å². The van der Waals surface area contributed by atoms with Gasteiger partial charge in [0.25, 0.3) is 0 Å². The van der Waals surface area contributed by atoms with Gasteiger partial charge in [0.2, 0.25) is 0 Å². The van der Waals surface area contributed by atoms with Gasteiger partial charge in [-0.05, 0) is 11.1 Å². The zero-order chi connectivity index (χ0) is 9.14. The molecule has 0 unspecified atom stereocenters. The van der Waals surface area contributed by atoms with Gasteiger partial charge in [-0.1, -0.05) is 24.3 Å². The van der Waals surface area contributed by atoms with Gasteiger partial charge >= 0.3 is 19.5 Å². The molecule has 0 fully saturated rings. The van der Waals surface area contributed by atoms with Crippen LogP contribution in [0.2, 0.25) is 0 Å². The van der Waals surface area contributed by atoms with E-state index in [0.717, 1.165) is 24.3 Å². The van der Waals surface area contributed by atoms with Crippen LogP contribution in [0.3, 0.4) is 0 Å². The maximum absolute atomic E-state index is 10.2. The average Bonchev–Trinajstić information content (AvgIpc) is 2.04. The average molecular weight is 248 g/mol. The molecule has 6 heteroatoms. The third kappa shape index (κ3) is 3.64. The zero-order valence-corrected chi connectivity index (χ0v) is 10.1. The second kappa shape index (κ2) is 6.24. The number of aromatic carboxylic acids is 2. The Bertz CT molecular complexity index is 286. The molecule has 14 heavy (non-hydrogen) atoms. The SMILES string of the molecule is O.O=C([O-])c1ccc(C(=O)[O-])cc1.[Zn+2]. The second-order valence-corrected chi connectivity index (χ2v) is 2.15. The Balaban J connectivity index is 0. The van der Waals surface area contributed by atoms with E-state index in [-0.39, 0.29) is 36.1 Å². The van der Waals surface area contributed by atoms with Gasteiger partial charge in [0.05, 0.1) is 11.9 Å². The van der Waals surface area contributed by atoms with Crippen LogP contribution in [0.4, 0.5) is 0 Å². The number of carbonyl (C=O) groups is 2. The molecule has 0 radical (unpaired) electrons. The number of carboxylic acid groups (broad SMARTS) is 2. The van der Waals surface area contributed by atoms with Gasteiger partial charge in [-0.25, -0.2) is 0 Å². The summed E-state index contributed by atoms with van der Waals surface area (Å²) in [6, 6.07) is 4.61. The van der Waals surface area contributed by atoms with Crippen molar-refractivity contribution in [2.24, 2.45) is 0 Å². The van der Waals surface area contributed by atoms with Crippen molar-refractivity contribution in [1.82, 2.24) is 0 Å². The Morgan fingerprint density at radius 3 is 1.21 bits per heavy atom. The molecular weight excluding hydrogens is 241 g/mol. The van der Waals surface area contributed by atoms with Gasteiger partial charge in [0.15, 0.2) is 0 Å². The van der Waals surface area contributed by atoms with E-state index in [0.29, 0.717) is 0 Å². The van der Waals surface area contributed by atoms with Crippen LogP contribution in [0, 0.1) is 0 Å². The first kappa shape index (κ1) is 15.2. The summed E-state index contributed by atoms with van der Waals surface area (Å²) in [7, 11) is 0. The number of rotatable bonds is 2. The van der Waals surface area contributed by atoms with Gasteiger partial charge in [-0.15, -0.1) is 0 Å². The molecule has 1 aromatic carbocycles. The fourth-order valence-corrected chi connectivity index (χ4v) is 0.742. The topological polar surface area (TPSA) is 112 Å². The molecule has 1 rings (SSSR count). The molecule has 5 nitrogen and oxygen atoms in total. The normalized spacial score (nSPS) is 8.00. The summed E-state index contributed by atoms with van der Waals surface area (Å²) in [5.74, 6) is -2.67. The van der Waals surface area contributed by atoms with Gasteiger partial charge in [0.1, 0.15) is 0 Å². The molecule has 0 spiro atoms. The summed E-state index contributed by atoms with van der Waals surface area (Å²) in [5.41, 5.74) is -0.111. The van der Waals surface area contributed by atoms with Gasteiger partial charge in [-0.3, -0.25) is 0 Å². The molecule has 0 saturated carbocycles. The molecule has 0 aliphatic carbocycles. The van der Waals surface area contributed by atoms with Crippen molar-refractivity contribution >= 4 is 11.9 Å². The molecule has 70 valence electrons. The van der Waals surface area contributed by atoms with Crippen molar-refractivity contribution < 1.29 is 44.8 Å². The van der Waals surface area contributed by atoms with Crippen LogP contribution < -0.4 is 10.2 Å². The molecule has 0 aromatic heterocycles. The Morgan fingerprint density at radius 2 is 1.07 bits per heavy atom. The van der Waals surface area contributed by atoms with Crippen LogP contribution in [-0.2, 0) is 19.5 Å². The van der Waals surface area contributed by atoms with Crippen LogP contribution in [0.15, 0.2) is 24.3 Å². The predicted molar refractivity (Wildman–Crippen MR) is 38.7 cm³/mol. The fourth-order valence-electron chi connectivity index (χ4n) is 0.742. The third-order valence-corrected chi connectivity index (χ3v) is 1.36. The third-order valence-electron chi connectivity index (χ3n) is 1.36. The van der Waals surface area contributed by atoms with Crippen LogP contribution in [0.1, 0.15) is 20.7 Å². The summed E-state index contributed by atoms with van der Waals surface area (Å²) in [5, 5.41) is 20.4. The van der Waals surface area contributed by atoms with Crippen molar-refractivity contribution in [3.63, 3.8) is 0 Å². The quantitative estimate of drug-likeness (QED) is 0.542. The molecule has 0 heterocycles. The maximum atomic E-state index is 10.2. The number of carboxylic acids is 2. The van der Waals surface area contributed by atoms with Crippen LogP contribution in [0.5, 0.6) is 0 Å². The first-order chi connectivity index (χ1) is 5.61. The second-order valence-electron chi connectivity index (χ2n) is 2.15. The van der Waals surface area contributed by atoms with Crippen molar-refractivity contribution in [1.29, 1.82) is 0 Å². The van der Waals surface area contributed by atoms with Crippen molar-refractivity contribution in [3.8, 4) is 0 Å². The number of hydrogen-bond donors (Lipinski definition) is 0. The minimum Gasteiger partial charge on any atom is -0.545 e. The predicted octanol–water partition coefficient (Wildman–Crippen LogP) is -2.41. The minimum atomic E-state index is -1.33. The largest absolute Gasteiger partial charge is 2.00 e. The Labute approximate surface area is 92.4 Å². The van der Waals surface area contributed by atoms with E-state index < -0.39 is 11.9 Å². The molecule has 2 N–H and O–H groups in total. The molecule has 0 atom stereocenters.